The third-order valence-electron chi connectivity index (χ3n) is 3.34. The van der Waals surface area contributed by atoms with Crippen molar-refractivity contribution in [2.24, 2.45) is 5.41 Å². The van der Waals surface area contributed by atoms with E-state index in [-0.39, 0.29) is 5.41 Å². The Morgan fingerprint density at radius 3 is 2.12 bits per heavy atom. The average molecular weight is 222 g/mol. The van der Waals surface area contributed by atoms with Gasteiger partial charge < -0.3 is 9.84 Å². The Balaban J connectivity index is 3.36. The first-order valence-corrected chi connectivity index (χ1v) is 5.57. The lowest BCUT2D eigenvalue weighted by atomic mass is 9.73. The first-order valence-electron chi connectivity index (χ1n) is 5.57. The molecule has 0 fully saturated rings. The molecule has 1 N–H and O–H groups in total. The van der Waals surface area contributed by atoms with Crippen LogP contribution in [0.3, 0.4) is 0 Å². The minimum absolute atomic E-state index is 0.242. The molecule has 0 aliphatic rings. The SMILES string of the molecule is COc1ccc(C)cc1C(C)(O)C(C)(C)C. The van der Waals surface area contributed by atoms with Crippen molar-refractivity contribution in [1.29, 1.82) is 0 Å². The van der Waals surface area contributed by atoms with Gasteiger partial charge in [-0.2, -0.15) is 0 Å². The van der Waals surface area contributed by atoms with Gasteiger partial charge in [0.05, 0.1) is 12.7 Å². The number of ether oxygens (including phenoxy) is 1. The van der Waals surface area contributed by atoms with E-state index >= 15 is 0 Å². The average Bonchev–Trinajstić information content (AvgIpc) is 2.16. The van der Waals surface area contributed by atoms with E-state index in [1.165, 1.54) is 0 Å². The van der Waals surface area contributed by atoms with Crippen LogP contribution in [0.1, 0.15) is 38.8 Å². The van der Waals surface area contributed by atoms with E-state index in [9.17, 15) is 5.11 Å². The van der Waals surface area contributed by atoms with E-state index in [2.05, 4.69) is 0 Å². The normalized spacial score (nSPS) is 15.7. The zero-order chi connectivity index (χ0) is 12.6. The molecule has 1 atom stereocenters. The van der Waals surface area contributed by atoms with Crippen molar-refractivity contribution in [2.45, 2.75) is 40.2 Å². The molecule has 1 aromatic rings. The maximum absolute atomic E-state index is 10.7. The van der Waals surface area contributed by atoms with Gasteiger partial charge in [-0.25, -0.2) is 0 Å². The summed E-state index contributed by atoms with van der Waals surface area (Å²) in [6.45, 7) is 9.92. The molecule has 0 bridgehead atoms. The zero-order valence-electron chi connectivity index (χ0n) is 11.1. The summed E-state index contributed by atoms with van der Waals surface area (Å²) in [7, 11) is 1.63. The van der Waals surface area contributed by atoms with E-state index in [1.54, 1.807) is 7.11 Å². The number of aliphatic hydroxyl groups is 1. The van der Waals surface area contributed by atoms with Gasteiger partial charge >= 0.3 is 0 Å². The lowest BCUT2D eigenvalue weighted by Gasteiger charge is -2.38. The maximum atomic E-state index is 10.7. The van der Waals surface area contributed by atoms with Crippen LogP contribution < -0.4 is 4.74 Å². The van der Waals surface area contributed by atoms with Gasteiger partial charge in [0.15, 0.2) is 0 Å². The van der Waals surface area contributed by atoms with E-state index < -0.39 is 5.60 Å². The van der Waals surface area contributed by atoms with Crippen molar-refractivity contribution in [3.05, 3.63) is 29.3 Å². The van der Waals surface area contributed by atoms with Crippen molar-refractivity contribution in [2.75, 3.05) is 7.11 Å². The lowest BCUT2D eigenvalue weighted by molar-refractivity contribution is -0.0486. The van der Waals surface area contributed by atoms with Gasteiger partial charge in [-0.05, 0) is 31.4 Å². The van der Waals surface area contributed by atoms with Crippen molar-refractivity contribution < 1.29 is 9.84 Å². The fourth-order valence-electron chi connectivity index (χ4n) is 1.61. The summed E-state index contributed by atoms with van der Waals surface area (Å²) in [6, 6.07) is 5.88. The molecule has 0 aliphatic carbocycles. The molecule has 2 heteroatoms. The molecular weight excluding hydrogens is 200 g/mol. The van der Waals surface area contributed by atoms with E-state index in [4.69, 9.17) is 4.74 Å². The highest BCUT2D eigenvalue weighted by atomic mass is 16.5. The van der Waals surface area contributed by atoms with Crippen LogP contribution in [0.5, 0.6) is 5.75 Å². The monoisotopic (exact) mass is 222 g/mol. The number of hydrogen-bond donors (Lipinski definition) is 1. The molecule has 1 aromatic carbocycles. The molecule has 2 nitrogen and oxygen atoms in total. The maximum Gasteiger partial charge on any atom is 0.124 e. The molecule has 16 heavy (non-hydrogen) atoms. The highest BCUT2D eigenvalue weighted by Gasteiger charge is 2.39. The van der Waals surface area contributed by atoms with Crippen LogP contribution in [0.4, 0.5) is 0 Å². The first kappa shape index (κ1) is 13.0. The van der Waals surface area contributed by atoms with Gasteiger partial charge in [-0.1, -0.05) is 32.4 Å². The molecule has 0 aliphatic heterocycles. The molecule has 0 saturated carbocycles. The van der Waals surface area contributed by atoms with Crippen molar-refractivity contribution in [3.63, 3.8) is 0 Å². The molecule has 0 radical (unpaired) electrons. The Kier molecular flexibility index (Phi) is 3.34. The second-order valence-corrected chi connectivity index (χ2v) is 5.53. The zero-order valence-corrected chi connectivity index (χ0v) is 11.1. The van der Waals surface area contributed by atoms with Crippen LogP contribution in [-0.4, -0.2) is 12.2 Å². The Morgan fingerprint density at radius 1 is 1.12 bits per heavy atom. The summed E-state index contributed by atoms with van der Waals surface area (Å²) >= 11 is 0. The van der Waals surface area contributed by atoms with Gasteiger partial charge in [0.25, 0.3) is 0 Å². The minimum Gasteiger partial charge on any atom is -0.496 e. The number of rotatable bonds is 2. The quantitative estimate of drug-likeness (QED) is 0.832. The van der Waals surface area contributed by atoms with Crippen molar-refractivity contribution >= 4 is 0 Å². The molecule has 0 saturated heterocycles. The van der Waals surface area contributed by atoms with E-state index in [0.29, 0.717) is 0 Å². The predicted octanol–water partition coefficient (Wildman–Crippen LogP) is 3.26. The van der Waals surface area contributed by atoms with Crippen molar-refractivity contribution in [1.82, 2.24) is 0 Å². The third-order valence-corrected chi connectivity index (χ3v) is 3.34. The van der Waals surface area contributed by atoms with Gasteiger partial charge in [-0.3, -0.25) is 0 Å². The summed E-state index contributed by atoms with van der Waals surface area (Å²) in [5, 5.41) is 10.7. The Bertz CT molecular complexity index is 373. The second kappa shape index (κ2) is 4.10. The first-order chi connectivity index (χ1) is 7.20. The van der Waals surface area contributed by atoms with E-state index in [1.807, 2.05) is 52.8 Å². The second-order valence-electron chi connectivity index (χ2n) is 5.53. The standard InChI is InChI=1S/C14H22O2/c1-10-7-8-12(16-6)11(9-10)14(5,15)13(2,3)4/h7-9,15H,1-6H3. The van der Waals surface area contributed by atoms with Crippen LogP contribution in [0.15, 0.2) is 18.2 Å². The van der Waals surface area contributed by atoms with Crippen LogP contribution in [0.2, 0.25) is 0 Å². The molecule has 1 rings (SSSR count). The summed E-state index contributed by atoms with van der Waals surface area (Å²) in [4.78, 5) is 0. The number of benzene rings is 1. The number of aryl methyl sites for hydroxylation is 1. The Labute approximate surface area is 98.3 Å². The smallest absolute Gasteiger partial charge is 0.124 e. The van der Waals surface area contributed by atoms with Gasteiger partial charge in [0.2, 0.25) is 0 Å². The predicted molar refractivity (Wildman–Crippen MR) is 66.8 cm³/mol. The molecule has 0 spiro atoms. The van der Waals surface area contributed by atoms with Crippen LogP contribution in [0, 0.1) is 12.3 Å². The fourth-order valence-corrected chi connectivity index (χ4v) is 1.61. The van der Waals surface area contributed by atoms with Gasteiger partial charge in [-0.15, -0.1) is 0 Å². The molecule has 0 heterocycles. The highest BCUT2D eigenvalue weighted by molar-refractivity contribution is 5.41. The van der Waals surface area contributed by atoms with Crippen molar-refractivity contribution in [3.8, 4) is 5.75 Å². The summed E-state index contributed by atoms with van der Waals surface area (Å²) in [5.41, 5.74) is 0.821. The number of hydrogen-bond acceptors (Lipinski definition) is 2. The lowest BCUT2D eigenvalue weighted by Crippen LogP contribution is -2.37. The van der Waals surface area contributed by atoms with Gasteiger partial charge in [0.1, 0.15) is 5.75 Å². The molecule has 90 valence electrons. The molecular formula is C14H22O2. The topological polar surface area (TPSA) is 29.5 Å². The Morgan fingerprint density at radius 2 is 1.69 bits per heavy atom. The third kappa shape index (κ3) is 2.22. The number of methoxy groups -OCH3 is 1. The summed E-state index contributed by atoms with van der Waals surface area (Å²) < 4.78 is 5.32. The van der Waals surface area contributed by atoms with E-state index in [0.717, 1.165) is 16.9 Å². The fraction of sp³-hybridized carbons (Fsp3) is 0.571. The van der Waals surface area contributed by atoms with Crippen LogP contribution >= 0.6 is 0 Å². The van der Waals surface area contributed by atoms with Crippen LogP contribution in [0.25, 0.3) is 0 Å². The highest BCUT2D eigenvalue weighted by Crippen LogP contribution is 2.42. The molecule has 1 unspecified atom stereocenters. The summed E-state index contributed by atoms with van der Waals surface area (Å²) in [6.07, 6.45) is 0. The van der Waals surface area contributed by atoms with Crippen LogP contribution in [-0.2, 0) is 5.60 Å². The van der Waals surface area contributed by atoms with Gasteiger partial charge in [0, 0.05) is 5.56 Å². The molecule has 0 aromatic heterocycles. The largest absolute Gasteiger partial charge is 0.496 e. The summed E-state index contributed by atoms with van der Waals surface area (Å²) in [5.74, 6) is 0.741. The molecule has 0 amide bonds. The Hall–Kier alpha value is -1.02. The minimum atomic E-state index is -0.912.